The van der Waals surface area contributed by atoms with E-state index in [2.05, 4.69) is 0 Å². The molecule has 0 spiro atoms. The summed E-state index contributed by atoms with van der Waals surface area (Å²) in [6.45, 7) is 0.835. The van der Waals surface area contributed by atoms with Gasteiger partial charge in [0.25, 0.3) is 0 Å². The van der Waals surface area contributed by atoms with Crippen LogP contribution < -0.4 is 0 Å². The average molecular weight is 328 g/mol. The highest BCUT2D eigenvalue weighted by Crippen LogP contribution is 2.31. The van der Waals surface area contributed by atoms with Crippen molar-refractivity contribution in [3.8, 4) is 0 Å². The molecule has 1 fully saturated rings. The van der Waals surface area contributed by atoms with Crippen LogP contribution in [0, 0.1) is 5.82 Å². The van der Waals surface area contributed by atoms with Crippen LogP contribution in [0.3, 0.4) is 0 Å². The van der Waals surface area contributed by atoms with Gasteiger partial charge in [-0.3, -0.25) is 9.78 Å². The Morgan fingerprint density at radius 2 is 2.17 bits per heavy atom. The Balaban J connectivity index is 1.78. The van der Waals surface area contributed by atoms with Crippen LogP contribution in [0.15, 0.2) is 42.5 Å². The summed E-state index contributed by atoms with van der Waals surface area (Å²) in [6, 6.07) is 12.4. The largest absolute Gasteiger partial charge is 0.375 e. The van der Waals surface area contributed by atoms with E-state index in [-0.39, 0.29) is 24.4 Å². The van der Waals surface area contributed by atoms with Crippen LogP contribution in [0.4, 0.5) is 4.39 Å². The molecule has 3 rings (SSSR count). The minimum atomic E-state index is -0.240. The minimum absolute atomic E-state index is 0.000101. The number of methoxy groups -OCH3 is 1. The highest BCUT2D eigenvalue weighted by atomic mass is 19.1. The topological polar surface area (TPSA) is 42.4 Å². The van der Waals surface area contributed by atoms with Crippen molar-refractivity contribution in [1.29, 1.82) is 0 Å². The number of ether oxygens (including phenoxy) is 1. The van der Waals surface area contributed by atoms with Gasteiger partial charge < -0.3 is 9.64 Å². The van der Waals surface area contributed by atoms with E-state index in [4.69, 9.17) is 9.72 Å². The number of amides is 1. The molecular weight excluding hydrogens is 307 g/mol. The predicted octanol–water partition coefficient (Wildman–Crippen LogP) is 3.12. The molecular formula is C19H21FN2O2. The van der Waals surface area contributed by atoms with Gasteiger partial charge in [-0.15, -0.1) is 0 Å². The number of carbonyl (C=O) groups excluding carboxylic acids is 1. The van der Waals surface area contributed by atoms with Crippen LogP contribution in [0.1, 0.15) is 35.8 Å². The number of rotatable bonds is 5. The van der Waals surface area contributed by atoms with E-state index >= 15 is 0 Å². The van der Waals surface area contributed by atoms with Crippen LogP contribution in [-0.2, 0) is 16.0 Å². The smallest absolute Gasteiger partial charge is 0.249 e. The zero-order valence-electron chi connectivity index (χ0n) is 13.7. The number of likely N-dealkylation sites (tertiary alicyclic amines) is 1. The molecule has 1 aliphatic heterocycles. The molecule has 0 aliphatic carbocycles. The molecule has 1 aromatic carbocycles. The first-order valence-electron chi connectivity index (χ1n) is 8.16. The monoisotopic (exact) mass is 328 g/mol. The molecule has 1 saturated heterocycles. The Hall–Kier alpha value is -2.27. The summed E-state index contributed by atoms with van der Waals surface area (Å²) < 4.78 is 18.3. The van der Waals surface area contributed by atoms with Gasteiger partial charge in [-0.2, -0.15) is 0 Å². The van der Waals surface area contributed by atoms with Gasteiger partial charge in [-0.05, 0) is 42.7 Å². The van der Waals surface area contributed by atoms with Crippen molar-refractivity contribution in [1.82, 2.24) is 9.88 Å². The second-order valence-corrected chi connectivity index (χ2v) is 6.04. The maximum absolute atomic E-state index is 13.3. The first kappa shape index (κ1) is 16.6. The third-order valence-electron chi connectivity index (χ3n) is 4.28. The normalized spacial score (nSPS) is 17.2. The van der Waals surface area contributed by atoms with E-state index in [0.717, 1.165) is 36.3 Å². The second-order valence-electron chi connectivity index (χ2n) is 6.04. The van der Waals surface area contributed by atoms with Crippen LogP contribution >= 0.6 is 0 Å². The molecule has 1 aliphatic rings. The van der Waals surface area contributed by atoms with E-state index in [0.29, 0.717) is 6.42 Å². The van der Waals surface area contributed by atoms with Crippen LogP contribution in [-0.4, -0.2) is 36.1 Å². The maximum atomic E-state index is 13.3. The number of hydrogen-bond donors (Lipinski definition) is 0. The lowest BCUT2D eigenvalue weighted by molar-refractivity contribution is -0.136. The highest BCUT2D eigenvalue weighted by molar-refractivity contribution is 5.78. The summed E-state index contributed by atoms with van der Waals surface area (Å²) in [5.74, 6) is -0.242. The van der Waals surface area contributed by atoms with E-state index in [1.54, 1.807) is 6.07 Å². The van der Waals surface area contributed by atoms with Crippen molar-refractivity contribution < 1.29 is 13.9 Å². The highest BCUT2D eigenvalue weighted by Gasteiger charge is 2.30. The molecule has 4 nitrogen and oxygen atoms in total. The van der Waals surface area contributed by atoms with Crippen molar-refractivity contribution in [2.75, 3.05) is 20.3 Å². The Kier molecular flexibility index (Phi) is 5.20. The fourth-order valence-corrected chi connectivity index (χ4v) is 3.22. The SMILES string of the molecule is COCC(=O)N1CCCC1c1cccc(Cc2cccc(F)c2)n1. The van der Waals surface area contributed by atoms with Gasteiger partial charge in [-0.1, -0.05) is 18.2 Å². The van der Waals surface area contributed by atoms with Crippen LogP contribution in [0.5, 0.6) is 0 Å². The zero-order chi connectivity index (χ0) is 16.9. The standard InChI is InChI=1S/C19H21FN2O2/c1-24-13-19(23)22-10-4-9-18(22)17-8-3-7-16(21-17)12-14-5-2-6-15(20)11-14/h2-3,5-8,11,18H,4,9-10,12-13H2,1H3. The van der Waals surface area contributed by atoms with Crippen LogP contribution in [0.2, 0.25) is 0 Å². The maximum Gasteiger partial charge on any atom is 0.249 e. The number of aromatic nitrogens is 1. The van der Waals surface area contributed by atoms with Crippen molar-refractivity contribution in [3.05, 3.63) is 65.2 Å². The molecule has 2 aromatic rings. The molecule has 24 heavy (non-hydrogen) atoms. The summed E-state index contributed by atoms with van der Waals surface area (Å²) in [6.07, 6.45) is 2.45. The van der Waals surface area contributed by atoms with Gasteiger partial charge in [-0.25, -0.2) is 4.39 Å². The summed E-state index contributed by atoms with van der Waals surface area (Å²) in [7, 11) is 1.53. The molecule has 1 amide bonds. The van der Waals surface area contributed by atoms with Crippen molar-refractivity contribution in [2.45, 2.75) is 25.3 Å². The fraction of sp³-hybridized carbons (Fsp3) is 0.368. The molecule has 126 valence electrons. The molecule has 2 heterocycles. The number of nitrogens with zero attached hydrogens (tertiary/aromatic N) is 2. The Morgan fingerprint density at radius 1 is 1.33 bits per heavy atom. The number of hydrogen-bond acceptors (Lipinski definition) is 3. The molecule has 0 saturated carbocycles. The summed E-state index contributed by atoms with van der Waals surface area (Å²) in [4.78, 5) is 18.7. The first-order chi connectivity index (χ1) is 11.7. The average Bonchev–Trinajstić information content (AvgIpc) is 3.05. The van der Waals surface area contributed by atoms with E-state index in [1.807, 2.05) is 29.2 Å². The minimum Gasteiger partial charge on any atom is -0.375 e. The lowest BCUT2D eigenvalue weighted by Gasteiger charge is -2.24. The quantitative estimate of drug-likeness (QED) is 0.847. The summed E-state index contributed by atoms with van der Waals surface area (Å²) in [5, 5.41) is 0. The van der Waals surface area contributed by atoms with Crippen molar-refractivity contribution in [2.24, 2.45) is 0 Å². The van der Waals surface area contributed by atoms with Crippen molar-refractivity contribution in [3.63, 3.8) is 0 Å². The Bertz CT molecular complexity index is 720. The first-order valence-corrected chi connectivity index (χ1v) is 8.16. The molecule has 0 bridgehead atoms. The molecule has 0 N–H and O–H groups in total. The molecule has 1 unspecified atom stereocenters. The van der Waals surface area contributed by atoms with Gasteiger partial charge in [0.05, 0.1) is 11.7 Å². The third kappa shape index (κ3) is 3.79. The van der Waals surface area contributed by atoms with E-state index in [9.17, 15) is 9.18 Å². The Labute approximate surface area is 141 Å². The van der Waals surface area contributed by atoms with Gasteiger partial charge >= 0.3 is 0 Å². The number of carbonyl (C=O) groups is 1. The summed E-state index contributed by atoms with van der Waals surface area (Å²) in [5.41, 5.74) is 2.66. The molecule has 5 heteroatoms. The van der Waals surface area contributed by atoms with E-state index in [1.165, 1.54) is 19.2 Å². The van der Waals surface area contributed by atoms with Gasteiger partial charge in [0, 0.05) is 25.8 Å². The lowest BCUT2D eigenvalue weighted by Crippen LogP contribution is -2.33. The van der Waals surface area contributed by atoms with E-state index < -0.39 is 0 Å². The zero-order valence-corrected chi connectivity index (χ0v) is 13.7. The molecule has 0 radical (unpaired) electrons. The number of halogens is 1. The van der Waals surface area contributed by atoms with Gasteiger partial charge in [0.2, 0.25) is 5.91 Å². The van der Waals surface area contributed by atoms with Crippen molar-refractivity contribution >= 4 is 5.91 Å². The second kappa shape index (κ2) is 7.53. The van der Waals surface area contributed by atoms with Gasteiger partial charge in [0.15, 0.2) is 0 Å². The van der Waals surface area contributed by atoms with Crippen LogP contribution in [0.25, 0.3) is 0 Å². The predicted molar refractivity (Wildman–Crippen MR) is 89.0 cm³/mol. The molecule has 1 atom stereocenters. The third-order valence-corrected chi connectivity index (χ3v) is 4.28. The molecule has 1 aromatic heterocycles. The number of pyridine rings is 1. The summed E-state index contributed by atoms with van der Waals surface area (Å²) >= 11 is 0. The fourth-order valence-electron chi connectivity index (χ4n) is 3.22. The number of benzene rings is 1. The van der Waals surface area contributed by atoms with Gasteiger partial charge in [0.1, 0.15) is 12.4 Å². The lowest BCUT2D eigenvalue weighted by atomic mass is 10.1. The Morgan fingerprint density at radius 3 is 2.96 bits per heavy atom.